The SMILES string of the molecule is Cc1cc(C)c2oc(-c3cccc(NC(=S)NC(=O)c4cccc(Cl)c4)c3C)nc2c1. The zero-order valence-electron chi connectivity index (χ0n) is 17.2. The molecule has 2 N–H and O–H groups in total. The Morgan fingerprint density at radius 1 is 1.06 bits per heavy atom. The van der Waals surface area contributed by atoms with Crippen molar-refractivity contribution in [1.29, 1.82) is 0 Å². The average Bonchev–Trinajstić information content (AvgIpc) is 3.13. The van der Waals surface area contributed by atoms with E-state index in [2.05, 4.69) is 21.7 Å². The summed E-state index contributed by atoms with van der Waals surface area (Å²) in [6.45, 7) is 6.00. The highest BCUT2D eigenvalue weighted by molar-refractivity contribution is 7.80. The lowest BCUT2D eigenvalue weighted by molar-refractivity contribution is 0.0977. The third-order valence-electron chi connectivity index (χ3n) is 4.95. The molecule has 0 radical (unpaired) electrons. The summed E-state index contributed by atoms with van der Waals surface area (Å²) in [4.78, 5) is 17.1. The molecule has 1 aromatic heterocycles. The van der Waals surface area contributed by atoms with Crippen LogP contribution in [0.2, 0.25) is 5.02 Å². The number of aryl methyl sites for hydroxylation is 2. The van der Waals surface area contributed by atoms with Crippen molar-refractivity contribution >= 4 is 51.6 Å². The van der Waals surface area contributed by atoms with Crippen LogP contribution < -0.4 is 10.6 Å². The van der Waals surface area contributed by atoms with E-state index in [4.69, 9.17) is 28.2 Å². The van der Waals surface area contributed by atoms with E-state index in [1.807, 2.05) is 45.0 Å². The largest absolute Gasteiger partial charge is 0.436 e. The molecule has 0 aliphatic heterocycles. The van der Waals surface area contributed by atoms with Gasteiger partial charge >= 0.3 is 0 Å². The highest BCUT2D eigenvalue weighted by Crippen LogP contribution is 2.32. The molecule has 4 rings (SSSR count). The molecule has 0 unspecified atom stereocenters. The first-order valence-electron chi connectivity index (χ1n) is 9.67. The molecule has 0 bridgehead atoms. The fourth-order valence-electron chi connectivity index (χ4n) is 3.45. The Balaban J connectivity index is 1.57. The zero-order valence-corrected chi connectivity index (χ0v) is 18.8. The predicted molar refractivity (Wildman–Crippen MR) is 129 cm³/mol. The topological polar surface area (TPSA) is 67.2 Å². The molecular formula is C24H20ClN3O2S. The lowest BCUT2D eigenvalue weighted by atomic mass is 10.1. The monoisotopic (exact) mass is 449 g/mol. The maximum Gasteiger partial charge on any atom is 0.257 e. The maximum absolute atomic E-state index is 12.4. The second kappa shape index (κ2) is 8.49. The number of nitrogens with zero attached hydrogens (tertiary/aromatic N) is 1. The average molecular weight is 450 g/mol. The number of thiocarbonyl (C=S) groups is 1. The standard InChI is InChI=1S/C24H20ClN3O2S/c1-13-10-14(2)21-20(11-13)26-23(30-21)18-8-5-9-19(15(18)3)27-24(31)28-22(29)16-6-4-7-17(25)12-16/h4-12H,1-3H3,(H2,27,28,29,31). The van der Waals surface area contributed by atoms with Gasteiger partial charge in [-0.3, -0.25) is 10.1 Å². The number of benzene rings is 3. The van der Waals surface area contributed by atoms with Gasteiger partial charge in [-0.1, -0.05) is 29.8 Å². The number of oxazole rings is 1. The van der Waals surface area contributed by atoms with Crippen molar-refractivity contribution in [2.75, 3.05) is 5.32 Å². The van der Waals surface area contributed by atoms with Gasteiger partial charge in [0.25, 0.3) is 5.91 Å². The number of anilines is 1. The summed E-state index contributed by atoms with van der Waals surface area (Å²) in [5.41, 5.74) is 6.73. The van der Waals surface area contributed by atoms with Crippen LogP contribution in [0.3, 0.4) is 0 Å². The van der Waals surface area contributed by atoms with Crippen LogP contribution in [0.5, 0.6) is 0 Å². The Hall–Kier alpha value is -3.22. The van der Waals surface area contributed by atoms with Crippen molar-refractivity contribution in [3.8, 4) is 11.5 Å². The minimum absolute atomic E-state index is 0.189. The summed E-state index contributed by atoms with van der Waals surface area (Å²) in [5.74, 6) is 0.206. The number of carbonyl (C=O) groups is 1. The van der Waals surface area contributed by atoms with E-state index in [-0.39, 0.29) is 11.0 Å². The van der Waals surface area contributed by atoms with Crippen molar-refractivity contribution in [3.05, 3.63) is 81.9 Å². The zero-order chi connectivity index (χ0) is 22.1. The van der Waals surface area contributed by atoms with Crippen LogP contribution in [-0.4, -0.2) is 16.0 Å². The van der Waals surface area contributed by atoms with Gasteiger partial charge in [-0.15, -0.1) is 0 Å². The van der Waals surface area contributed by atoms with Gasteiger partial charge in [-0.25, -0.2) is 4.98 Å². The molecule has 0 fully saturated rings. The number of hydrogen-bond donors (Lipinski definition) is 2. The number of aromatic nitrogens is 1. The van der Waals surface area contributed by atoms with E-state index in [0.29, 0.717) is 16.5 Å². The van der Waals surface area contributed by atoms with E-state index in [9.17, 15) is 4.79 Å². The Bertz CT molecular complexity index is 1330. The van der Waals surface area contributed by atoms with Crippen LogP contribution in [0.1, 0.15) is 27.0 Å². The van der Waals surface area contributed by atoms with Crippen molar-refractivity contribution < 1.29 is 9.21 Å². The number of carbonyl (C=O) groups excluding carboxylic acids is 1. The molecule has 0 saturated heterocycles. The third-order valence-corrected chi connectivity index (χ3v) is 5.39. The van der Waals surface area contributed by atoms with Gasteiger partial charge in [0, 0.05) is 21.8 Å². The number of halogens is 1. The fourth-order valence-corrected chi connectivity index (χ4v) is 3.85. The smallest absolute Gasteiger partial charge is 0.257 e. The molecule has 1 heterocycles. The molecule has 0 aliphatic carbocycles. The number of rotatable bonds is 3. The number of nitrogens with one attached hydrogen (secondary N) is 2. The lowest BCUT2D eigenvalue weighted by Crippen LogP contribution is -2.34. The van der Waals surface area contributed by atoms with Crippen LogP contribution in [0.4, 0.5) is 5.69 Å². The highest BCUT2D eigenvalue weighted by Gasteiger charge is 2.15. The molecule has 0 atom stereocenters. The van der Waals surface area contributed by atoms with Crippen molar-refractivity contribution in [3.63, 3.8) is 0 Å². The van der Waals surface area contributed by atoms with Gasteiger partial charge in [0.05, 0.1) is 0 Å². The predicted octanol–water partition coefficient (Wildman–Crippen LogP) is 6.20. The Morgan fingerprint density at radius 3 is 2.61 bits per heavy atom. The third kappa shape index (κ3) is 4.45. The molecule has 31 heavy (non-hydrogen) atoms. The van der Waals surface area contributed by atoms with E-state index < -0.39 is 0 Å². The maximum atomic E-state index is 12.4. The van der Waals surface area contributed by atoms with Crippen LogP contribution in [-0.2, 0) is 0 Å². The van der Waals surface area contributed by atoms with Gasteiger partial charge in [-0.05, 0) is 86.1 Å². The number of fused-ring (bicyclic) bond motifs is 1. The normalized spacial score (nSPS) is 10.8. The molecular weight excluding hydrogens is 430 g/mol. The highest BCUT2D eigenvalue weighted by atomic mass is 35.5. The summed E-state index contributed by atoms with van der Waals surface area (Å²) in [5, 5.41) is 6.44. The molecule has 0 spiro atoms. The van der Waals surface area contributed by atoms with Gasteiger partial charge in [0.15, 0.2) is 10.7 Å². The van der Waals surface area contributed by atoms with Gasteiger partial charge < -0.3 is 9.73 Å². The van der Waals surface area contributed by atoms with Crippen molar-refractivity contribution in [2.45, 2.75) is 20.8 Å². The van der Waals surface area contributed by atoms with E-state index >= 15 is 0 Å². The second-order valence-corrected chi connectivity index (χ2v) is 8.19. The first kappa shape index (κ1) is 21.0. The summed E-state index contributed by atoms with van der Waals surface area (Å²) >= 11 is 11.3. The Labute approximate surface area is 190 Å². The summed E-state index contributed by atoms with van der Waals surface area (Å²) in [7, 11) is 0. The molecule has 0 saturated carbocycles. The minimum atomic E-state index is -0.335. The van der Waals surface area contributed by atoms with E-state index in [1.54, 1.807) is 24.3 Å². The van der Waals surface area contributed by atoms with Crippen LogP contribution >= 0.6 is 23.8 Å². The first-order chi connectivity index (χ1) is 14.8. The second-order valence-electron chi connectivity index (χ2n) is 7.35. The lowest BCUT2D eigenvalue weighted by Gasteiger charge is -2.13. The molecule has 7 heteroatoms. The quantitative estimate of drug-likeness (QED) is 0.364. The fraction of sp³-hybridized carbons (Fsp3) is 0.125. The number of hydrogen-bond acceptors (Lipinski definition) is 4. The Kier molecular flexibility index (Phi) is 5.76. The molecule has 3 aromatic carbocycles. The van der Waals surface area contributed by atoms with Gasteiger partial charge in [-0.2, -0.15) is 0 Å². The molecule has 4 aromatic rings. The molecule has 1 amide bonds. The van der Waals surface area contributed by atoms with E-state index in [1.165, 1.54) is 0 Å². The first-order valence-corrected chi connectivity index (χ1v) is 10.5. The van der Waals surface area contributed by atoms with Gasteiger partial charge in [0.1, 0.15) is 5.52 Å². The molecule has 0 aliphatic rings. The van der Waals surface area contributed by atoms with E-state index in [0.717, 1.165) is 39.0 Å². The van der Waals surface area contributed by atoms with Gasteiger partial charge in [0.2, 0.25) is 5.89 Å². The molecule has 156 valence electrons. The van der Waals surface area contributed by atoms with Crippen LogP contribution in [0.15, 0.2) is 59.0 Å². The number of amides is 1. The van der Waals surface area contributed by atoms with Crippen molar-refractivity contribution in [1.82, 2.24) is 10.3 Å². The van der Waals surface area contributed by atoms with Crippen LogP contribution in [0.25, 0.3) is 22.6 Å². The summed E-state index contributed by atoms with van der Waals surface area (Å²) in [6.07, 6.45) is 0. The minimum Gasteiger partial charge on any atom is -0.436 e. The van der Waals surface area contributed by atoms with Crippen LogP contribution in [0, 0.1) is 20.8 Å². The molecule has 5 nitrogen and oxygen atoms in total. The summed E-state index contributed by atoms with van der Waals surface area (Å²) in [6, 6.07) is 16.5. The Morgan fingerprint density at radius 2 is 1.84 bits per heavy atom. The summed E-state index contributed by atoms with van der Waals surface area (Å²) < 4.78 is 6.06. The van der Waals surface area contributed by atoms with Crippen molar-refractivity contribution in [2.24, 2.45) is 0 Å².